The molecule has 0 aliphatic rings. The van der Waals surface area contributed by atoms with Crippen molar-refractivity contribution in [1.82, 2.24) is 10.4 Å². The number of aromatic nitrogens is 1. The van der Waals surface area contributed by atoms with Crippen molar-refractivity contribution in [2.45, 2.75) is 6.92 Å². The number of amides is 1. The Morgan fingerprint density at radius 3 is 2.67 bits per heavy atom. The molecule has 21 heavy (non-hydrogen) atoms. The maximum absolute atomic E-state index is 11.7. The molecule has 2 aromatic rings. The number of H-pyrrole nitrogens is 1. The molecule has 1 heterocycles. The van der Waals surface area contributed by atoms with Gasteiger partial charge in [0.25, 0.3) is 5.91 Å². The average molecular weight is 287 g/mol. The van der Waals surface area contributed by atoms with Crippen molar-refractivity contribution < 1.29 is 14.3 Å². The van der Waals surface area contributed by atoms with Gasteiger partial charge < -0.3 is 14.5 Å². The molecule has 0 bridgehead atoms. The molecular weight excluding hydrogens is 270 g/mol. The second-order valence-corrected chi connectivity index (χ2v) is 4.26. The van der Waals surface area contributed by atoms with E-state index in [4.69, 9.17) is 9.47 Å². The number of ether oxygens (including phenoxy) is 2. The molecule has 6 nitrogen and oxygen atoms in total. The first kappa shape index (κ1) is 14.6. The number of hydrogen-bond acceptors (Lipinski definition) is 4. The minimum atomic E-state index is -0.341. The van der Waals surface area contributed by atoms with E-state index in [1.165, 1.54) is 0 Å². The van der Waals surface area contributed by atoms with Crippen LogP contribution >= 0.6 is 0 Å². The van der Waals surface area contributed by atoms with Gasteiger partial charge in [-0.3, -0.25) is 4.79 Å². The van der Waals surface area contributed by atoms with Gasteiger partial charge in [-0.25, -0.2) is 5.43 Å². The molecule has 0 radical (unpaired) electrons. The summed E-state index contributed by atoms with van der Waals surface area (Å²) in [6.45, 7) is 1.66. The van der Waals surface area contributed by atoms with Gasteiger partial charge in [-0.05, 0) is 31.2 Å². The highest BCUT2D eigenvalue weighted by molar-refractivity contribution is 5.97. The SMILES string of the molecule is COc1ccccc1OCC(=O)N/N=C(\C)c1ccc[nH]1. The molecule has 6 heteroatoms. The summed E-state index contributed by atoms with van der Waals surface area (Å²) in [7, 11) is 1.55. The van der Waals surface area contributed by atoms with Gasteiger partial charge in [0.2, 0.25) is 0 Å². The van der Waals surface area contributed by atoms with E-state index in [1.807, 2.05) is 24.3 Å². The van der Waals surface area contributed by atoms with E-state index in [1.54, 1.807) is 32.4 Å². The van der Waals surface area contributed by atoms with Crippen LogP contribution in [-0.4, -0.2) is 30.3 Å². The Labute approximate surface area is 122 Å². The quantitative estimate of drug-likeness (QED) is 0.629. The first-order chi connectivity index (χ1) is 10.2. The monoisotopic (exact) mass is 287 g/mol. The molecule has 0 atom stereocenters. The number of hydrazone groups is 1. The van der Waals surface area contributed by atoms with E-state index < -0.39 is 0 Å². The highest BCUT2D eigenvalue weighted by Crippen LogP contribution is 2.25. The van der Waals surface area contributed by atoms with Crippen molar-refractivity contribution >= 4 is 11.6 Å². The Bertz CT molecular complexity index is 621. The third kappa shape index (κ3) is 4.10. The van der Waals surface area contributed by atoms with Crippen molar-refractivity contribution in [2.75, 3.05) is 13.7 Å². The van der Waals surface area contributed by atoms with Gasteiger partial charge in [0.1, 0.15) is 0 Å². The highest BCUT2D eigenvalue weighted by Gasteiger charge is 2.06. The standard InChI is InChI=1S/C15H17N3O3/c1-11(12-6-5-9-16-12)17-18-15(19)10-21-14-8-4-3-7-13(14)20-2/h3-9,16H,10H2,1-2H3,(H,18,19)/b17-11+. The summed E-state index contributed by atoms with van der Waals surface area (Å²) in [6.07, 6.45) is 1.79. The molecule has 2 N–H and O–H groups in total. The zero-order valence-corrected chi connectivity index (χ0v) is 11.9. The van der Waals surface area contributed by atoms with E-state index in [-0.39, 0.29) is 12.5 Å². The van der Waals surface area contributed by atoms with Crippen molar-refractivity contribution in [3.8, 4) is 11.5 Å². The minimum absolute atomic E-state index is 0.137. The van der Waals surface area contributed by atoms with Crippen LogP contribution in [0.4, 0.5) is 0 Å². The number of para-hydroxylation sites is 2. The largest absolute Gasteiger partial charge is 0.493 e. The van der Waals surface area contributed by atoms with E-state index in [9.17, 15) is 4.79 Å². The number of hydrogen-bond donors (Lipinski definition) is 2. The van der Waals surface area contributed by atoms with Crippen LogP contribution in [0.25, 0.3) is 0 Å². The second kappa shape index (κ2) is 7.14. The summed E-state index contributed by atoms with van der Waals surface area (Å²) in [4.78, 5) is 14.7. The third-order valence-electron chi connectivity index (χ3n) is 2.76. The Morgan fingerprint density at radius 1 is 1.24 bits per heavy atom. The Kier molecular flexibility index (Phi) is 4.98. The Balaban J connectivity index is 1.86. The van der Waals surface area contributed by atoms with E-state index >= 15 is 0 Å². The Morgan fingerprint density at radius 2 is 2.00 bits per heavy atom. The predicted octanol–water partition coefficient (Wildman–Crippen LogP) is 1.94. The highest BCUT2D eigenvalue weighted by atomic mass is 16.5. The van der Waals surface area contributed by atoms with Crippen LogP contribution in [0, 0.1) is 0 Å². The molecule has 2 rings (SSSR count). The smallest absolute Gasteiger partial charge is 0.277 e. The average Bonchev–Trinajstić information content (AvgIpc) is 3.05. The molecule has 110 valence electrons. The fourth-order valence-corrected chi connectivity index (χ4v) is 1.68. The molecule has 0 fully saturated rings. The molecule has 1 aromatic carbocycles. The maximum Gasteiger partial charge on any atom is 0.277 e. The summed E-state index contributed by atoms with van der Waals surface area (Å²) in [5.41, 5.74) is 3.98. The minimum Gasteiger partial charge on any atom is -0.493 e. The van der Waals surface area contributed by atoms with Crippen LogP contribution in [0.5, 0.6) is 11.5 Å². The second-order valence-electron chi connectivity index (χ2n) is 4.26. The van der Waals surface area contributed by atoms with Crippen molar-refractivity contribution in [3.05, 3.63) is 48.3 Å². The molecule has 0 unspecified atom stereocenters. The molecule has 0 saturated heterocycles. The fraction of sp³-hybridized carbons (Fsp3) is 0.200. The molecule has 0 spiro atoms. The van der Waals surface area contributed by atoms with Crippen LogP contribution in [-0.2, 0) is 4.79 Å². The summed E-state index contributed by atoms with van der Waals surface area (Å²) in [6, 6.07) is 10.9. The van der Waals surface area contributed by atoms with E-state index in [2.05, 4.69) is 15.5 Å². The first-order valence-corrected chi connectivity index (χ1v) is 6.43. The van der Waals surface area contributed by atoms with Crippen molar-refractivity contribution in [1.29, 1.82) is 0 Å². The number of aromatic amines is 1. The normalized spacial score (nSPS) is 11.0. The number of nitrogens with zero attached hydrogens (tertiary/aromatic N) is 1. The number of carbonyl (C=O) groups is 1. The van der Waals surface area contributed by atoms with Gasteiger partial charge in [-0.15, -0.1) is 0 Å². The summed E-state index contributed by atoms with van der Waals surface area (Å²) < 4.78 is 10.5. The molecule has 1 aromatic heterocycles. The van der Waals surface area contributed by atoms with Gasteiger partial charge in [0.15, 0.2) is 18.1 Å². The van der Waals surface area contributed by atoms with Crippen LogP contribution in [0.15, 0.2) is 47.7 Å². The summed E-state index contributed by atoms with van der Waals surface area (Å²) in [5, 5.41) is 4.00. The van der Waals surface area contributed by atoms with Gasteiger partial charge in [-0.2, -0.15) is 5.10 Å². The number of rotatable bonds is 6. The predicted molar refractivity (Wildman–Crippen MR) is 79.6 cm³/mol. The molecule has 0 saturated carbocycles. The lowest BCUT2D eigenvalue weighted by Gasteiger charge is -2.09. The van der Waals surface area contributed by atoms with Crippen LogP contribution in [0.1, 0.15) is 12.6 Å². The van der Waals surface area contributed by atoms with Gasteiger partial charge in [0, 0.05) is 6.20 Å². The topological polar surface area (TPSA) is 75.7 Å². The number of carbonyl (C=O) groups excluding carboxylic acids is 1. The van der Waals surface area contributed by atoms with Gasteiger partial charge >= 0.3 is 0 Å². The summed E-state index contributed by atoms with van der Waals surface area (Å²) >= 11 is 0. The molecule has 0 aliphatic carbocycles. The van der Waals surface area contributed by atoms with Crippen LogP contribution in [0.2, 0.25) is 0 Å². The van der Waals surface area contributed by atoms with Crippen LogP contribution < -0.4 is 14.9 Å². The third-order valence-corrected chi connectivity index (χ3v) is 2.76. The van der Waals surface area contributed by atoms with Gasteiger partial charge in [-0.1, -0.05) is 12.1 Å². The van der Waals surface area contributed by atoms with Crippen LogP contribution in [0.3, 0.4) is 0 Å². The lowest BCUT2D eigenvalue weighted by Crippen LogP contribution is -2.25. The zero-order chi connectivity index (χ0) is 15.1. The number of methoxy groups -OCH3 is 1. The molecular formula is C15H17N3O3. The number of nitrogens with one attached hydrogen (secondary N) is 2. The maximum atomic E-state index is 11.7. The van der Waals surface area contributed by atoms with E-state index in [0.717, 1.165) is 5.69 Å². The first-order valence-electron chi connectivity index (χ1n) is 6.43. The van der Waals surface area contributed by atoms with E-state index in [0.29, 0.717) is 17.2 Å². The zero-order valence-electron chi connectivity index (χ0n) is 11.9. The molecule has 1 amide bonds. The summed E-state index contributed by atoms with van der Waals surface area (Å²) in [5.74, 6) is 0.753. The van der Waals surface area contributed by atoms with Crippen molar-refractivity contribution in [2.24, 2.45) is 5.10 Å². The molecule has 0 aliphatic heterocycles. The Hall–Kier alpha value is -2.76. The fourth-order valence-electron chi connectivity index (χ4n) is 1.68. The van der Waals surface area contributed by atoms with Gasteiger partial charge in [0.05, 0.1) is 18.5 Å². The van der Waals surface area contributed by atoms with Crippen molar-refractivity contribution in [3.63, 3.8) is 0 Å². The lowest BCUT2D eigenvalue weighted by molar-refractivity contribution is -0.123. The number of benzene rings is 1. The lowest BCUT2D eigenvalue weighted by atomic mass is 10.3.